The molecule has 0 unspecified atom stereocenters. The number of nitrogens with zero attached hydrogens (tertiary/aromatic N) is 2. The fourth-order valence-corrected chi connectivity index (χ4v) is 3.13. The van der Waals surface area contributed by atoms with E-state index in [-0.39, 0.29) is 5.91 Å². The number of carbonyl (C=O) groups is 1. The summed E-state index contributed by atoms with van der Waals surface area (Å²) in [4.78, 5) is 14.5. The van der Waals surface area contributed by atoms with Crippen molar-refractivity contribution >= 4 is 5.91 Å². The summed E-state index contributed by atoms with van der Waals surface area (Å²) in [5.41, 5.74) is -0.658. The number of carbonyl (C=O) groups excluding carboxylic acids is 1. The van der Waals surface area contributed by atoms with E-state index in [4.69, 9.17) is 0 Å². The standard InChI is InChI=1S/C15H25N3O/c1-3-13-6-4-5-9-18(13)10-14(19)17-15(2,11-16)12-7-8-12/h12-13H,3-10H2,1-2H3,(H,17,19)/t13-,15+/m1/s1. The molecule has 0 aromatic heterocycles. The maximum Gasteiger partial charge on any atom is 0.235 e. The van der Waals surface area contributed by atoms with Gasteiger partial charge in [0.15, 0.2) is 0 Å². The van der Waals surface area contributed by atoms with Crippen LogP contribution >= 0.6 is 0 Å². The summed E-state index contributed by atoms with van der Waals surface area (Å²) in [5.74, 6) is 0.362. The lowest BCUT2D eigenvalue weighted by Crippen LogP contribution is -2.52. The molecular formula is C15H25N3O. The molecule has 19 heavy (non-hydrogen) atoms. The smallest absolute Gasteiger partial charge is 0.235 e. The molecule has 106 valence electrons. The van der Waals surface area contributed by atoms with Crippen molar-refractivity contribution in [1.29, 1.82) is 5.26 Å². The predicted octanol–water partition coefficient (Wildman–Crippen LogP) is 2.06. The van der Waals surface area contributed by atoms with Crippen LogP contribution in [0.2, 0.25) is 0 Å². The number of hydrogen-bond acceptors (Lipinski definition) is 3. The quantitative estimate of drug-likeness (QED) is 0.826. The van der Waals surface area contributed by atoms with Crippen LogP contribution in [0.3, 0.4) is 0 Å². The van der Waals surface area contributed by atoms with Gasteiger partial charge < -0.3 is 5.32 Å². The van der Waals surface area contributed by atoms with Crippen molar-refractivity contribution < 1.29 is 4.79 Å². The summed E-state index contributed by atoms with van der Waals surface area (Å²) >= 11 is 0. The Labute approximate surface area is 116 Å². The molecule has 1 saturated heterocycles. The largest absolute Gasteiger partial charge is 0.337 e. The van der Waals surface area contributed by atoms with E-state index < -0.39 is 5.54 Å². The molecule has 1 aliphatic carbocycles. The zero-order valence-corrected chi connectivity index (χ0v) is 12.1. The normalized spacial score (nSPS) is 27.3. The molecule has 2 aliphatic rings. The molecule has 1 N–H and O–H groups in total. The van der Waals surface area contributed by atoms with Crippen molar-refractivity contribution in [3.8, 4) is 6.07 Å². The van der Waals surface area contributed by atoms with E-state index >= 15 is 0 Å². The minimum absolute atomic E-state index is 0.0105. The Morgan fingerprint density at radius 3 is 2.74 bits per heavy atom. The van der Waals surface area contributed by atoms with Gasteiger partial charge in [-0.2, -0.15) is 5.26 Å². The van der Waals surface area contributed by atoms with Gasteiger partial charge in [-0.15, -0.1) is 0 Å². The third-order valence-electron chi connectivity index (χ3n) is 4.59. The van der Waals surface area contributed by atoms with Crippen LogP contribution in [0.25, 0.3) is 0 Å². The first-order chi connectivity index (χ1) is 9.09. The Morgan fingerprint density at radius 2 is 2.16 bits per heavy atom. The lowest BCUT2D eigenvalue weighted by Gasteiger charge is -2.35. The van der Waals surface area contributed by atoms with Gasteiger partial charge in [0.2, 0.25) is 5.91 Å². The highest BCUT2D eigenvalue weighted by Crippen LogP contribution is 2.39. The molecular weight excluding hydrogens is 238 g/mol. The van der Waals surface area contributed by atoms with Gasteiger partial charge in [0.25, 0.3) is 0 Å². The molecule has 1 amide bonds. The van der Waals surface area contributed by atoms with Crippen molar-refractivity contribution in [1.82, 2.24) is 10.2 Å². The van der Waals surface area contributed by atoms with Crippen LogP contribution in [-0.4, -0.2) is 35.5 Å². The average Bonchev–Trinajstić information content (AvgIpc) is 3.23. The Balaban J connectivity index is 1.88. The number of likely N-dealkylation sites (tertiary alicyclic amines) is 1. The molecule has 1 heterocycles. The van der Waals surface area contributed by atoms with Gasteiger partial charge in [-0.05, 0) is 51.5 Å². The van der Waals surface area contributed by atoms with Crippen molar-refractivity contribution in [3.05, 3.63) is 0 Å². The molecule has 0 aromatic carbocycles. The van der Waals surface area contributed by atoms with Crippen molar-refractivity contribution in [3.63, 3.8) is 0 Å². The number of nitrogens with one attached hydrogen (secondary N) is 1. The topological polar surface area (TPSA) is 56.1 Å². The van der Waals surface area contributed by atoms with Gasteiger partial charge in [-0.3, -0.25) is 9.69 Å². The maximum atomic E-state index is 12.2. The van der Waals surface area contributed by atoms with Gasteiger partial charge in [-0.25, -0.2) is 0 Å². The van der Waals surface area contributed by atoms with E-state index in [0.717, 1.165) is 25.8 Å². The SMILES string of the molecule is CC[C@@H]1CCCCN1CC(=O)N[C@@](C)(C#N)C1CC1. The molecule has 1 aliphatic heterocycles. The lowest BCUT2D eigenvalue weighted by atomic mass is 9.97. The monoisotopic (exact) mass is 263 g/mol. The molecule has 2 fully saturated rings. The third-order valence-corrected chi connectivity index (χ3v) is 4.59. The van der Waals surface area contributed by atoms with Crippen LogP contribution < -0.4 is 5.32 Å². The molecule has 0 spiro atoms. The average molecular weight is 263 g/mol. The zero-order valence-electron chi connectivity index (χ0n) is 12.1. The first kappa shape index (κ1) is 14.3. The molecule has 2 rings (SSSR count). The van der Waals surface area contributed by atoms with Crippen molar-refractivity contribution in [2.75, 3.05) is 13.1 Å². The third kappa shape index (κ3) is 3.48. The second-order valence-electron chi connectivity index (χ2n) is 6.16. The molecule has 0 radical (unpaired) electrons. The molecule has 4 nitrogen and oxygen atoms in total. The highest BCUT2D eigenvalue weighted by atomic mass is 16.2. The Morgan fingerprint density at radius 1 is 1.42 bits per heavy atom. The number of piperidine rings is 1. The fourth-order valence-electron chi connectivity index (χ4n) is 3.13. The Hall–Kier alpha value is -1.08. The molecule has 2 atom stereocenters. The summed E-state index contributed by atoms with van der Waals surface area (Å²) in [6.45, 7) is 5.50. The Kier molecular flexibility index (Phi) is 4.46. The van der Waals surface area contributed by atoms with Crippen LogP contribution in [0.4, 0.5) is 0 Å². The second-order valence-corrected chi connectivity index (χ2v) is 6.16. The molecule has 1 saturated carbocycles. The molecule has 4 heteroatoms. The van der Waals surface area contributed by atoms with E-state index in [0.29, 0.717) is 18.5 Å². The van der Waals surface area contributed by atoms with Gasteiger partial charge in [-0.1, -0.05) is 13.3 Å². The number of rotatable bonds is 5. The van der Waals surface area contributed by atoms with E-state index in [2.05, 4.69) is 23.2 Å². The highest BCUT2D eigenvalue weighted by Gasteiger charge is 2.43. The second kappa shape index (κ2) is 5.92. The van der Waals surface area contributed by atoms with E-state index in [1.165, 1.54) is 19.3 Å². The highest BCUT2D eigenvalue weighted by molar-refractivity contribution is 5.79. The van der Waals surface area contributed by atoms with E-state index in [1.807, 2.05) is 6.92 Å². The lowest BCUT2D eigenvalue weighted by molar-refractivity contribution is -0.124. The van der Waals surface area contributed by atoms with E-state index in [9.17, 15) is 10.1 Å². The maximum absolute atomic E-state index is 12.2. The zero-order chi connectivity index (χ0) is 13.9. The summed E-state index contributed by atoms with van der Waals surface area (Å²) in [5, 5.41) is 12.2. The number of hydrogen-bond donors (Lipinski definition) is 1. The summed E-state index contributed by atoms with van der Waals surface area (Å²) in [7, 11) is 0. The van der Waals surface area contributed by atoms with Crippen LogP contribution in [0.5, 0.6) is 0 Å². The molecule has 0 aromatic rings. The van der Waals surface area contributed by atoms with Gasteiger partial charge in [0.1, 0.15) is 5.54 Å². The first-order valence-electron chi connectivity index (χ1n) is 7.55. The minimum atomic E-state index is -0.658. The van der Waals surface area contributed by atoms with Crippen LogP contribution in [-0.2, 0) is 4.79 Å². The summed E-state index contributed by atoms with van der Waals surface area (Å²) < 4.78 is 0. The summed E-state index contributed by atoms with van der Waals surface area (Å²) in [6, 6.07) is 2.82. The van der Waals surface area contributed by atoms with Gasteiger partial charge in [0, 0.05) is 6.04 Å². The number of nitriles is 1. The number of amides is 1. The molecule has 0 bridgehead atoms. The van der Waals surface area contributed by atoms with Gasteiger partial charge >= 0.3 is 0 Å². The fraction of sp³-hybridized carbons (Fsp3) is 0.867. The van der Waals surface area contributed by atoms with E-state index in [1.54, 1.807) is 0 Å². The minimum Gasteiger partial charge on any atom is -0.337 e. The van der Waals surface area contributed by atoms with Crippen LogP contribution in [0.15, 0.2) is 0 Å². The van der Waals surface area contributed by atoms with Crippen LogP contribution in [0, 0.1) is 17.2 Å². The van der Waals surface area contributed by atoms with Crippen LogP contribution in [0.1, 0.15) is 52.4 Å². The van der Waals surface area contributed by atoms with Crippen molar-refractivity contribution in [2.45, 2.75) is 64.0 Å². The summed E-state index contributed by atoms with van der Waals surface area (Å²) in [6.07, 6.45) is 6.88. The Bertz CT molecular complexity index is 372. The van der Waals surface area contributed by atoms with Crippen molar-refractivity contribution in [2.24, 2.45) is 5.92 Å². The van der Waals surface area contributed by atoms with Gasteiger partial charge in [0.05, 0.1) is 12.6 Å². The predicted molar refractivity (Wildman–Crippen MR) is 74.4 cm³/mol. The first-order valence-corrected chi connectivity index (χ1v) is 7.55.